The zero-order valence-corrected chi connectivity index (χ0v) is 18.9. The Morgan fingerprint density at radius 3 is 2.47 bits per heavy atom. The SMILES string of the molecule is Cc1ccc2nc(C(=O)NC3CCCCCC3)nc(N[C@H]3CCCC[C@H]3N=C(N)N)c2c1. The largest absolute Gasteiger partial charge is 0.370 e. The molecule has 1 amide bonds. The third kappa shape index (κ3) is 5.47. The van der Waals surface area contributed by atoms with E-state index in [9.17, 15) is 4.79 Å². The number of fused-ring (bicyclic) bond motifs is 1. The second-order valence-electron chi connectivity index (χ2n) is 9.23. The molecule has 8 nitrogen and oxygen atoms in total. The molecule has 0 saturated heterocycles. The third-order valence-corrected chi connectivity index (χ3v) is 6.61. The van der Waals surface area contributed by atoms with Crippen LogP contribution in [0.2, 0.25) is 0 Å². The van der Waals surface area contributed by atoms with Gasteiger partial charge in [-0.2, -0.15) is 0 Å². The summed E-state index contributed by atoms with van der Waals surface area (Å²) in [6.45, 7) is 2.04. The van der Waals surface area contributed by atoms with Gasteiger partial charge in [0.05, 0.1) is 17.6 Å². The van der Waals surface area contributed by atoms with Gasteiger partial charge in [0, 0.05) is 11.4 Å². The van der Waals surface area contributed by atoms with E-state index >= 15 is 0 Å². The van der Waals surface area contributed by atoms with E-state index in [-0.39, 0.29) is 35.8 Å². The van der Waals surface area contributed by atoms with Crippen LogP contribution in [0, 0.1) is 6.92 Å². The number of rotatable bonds is 5. The monoisotopic (exact) mass is 437 g/mol. The highest BCUT2D eigenvalue weighted by Gasteiger charge is 2.27. The van der Waals surface area contributed by atoms with Crippen molar-refractivity contribution in [2.45, 2.75) is 89.3 Å². The van der Waals surface area contributed by atoms with E-state index in [2.05, 4.69) is 26.7 Å². The summed E-state index contributed by atoms with van der Waals surface area (Å²) in [4.78, 5) is 26.8. The minimum atomic E-state index is -0.202. The van der Waals surface area contributed by atoms with Crippen LogP contribution in [0.1, 0.15) is 80.4 Å². The van der Waals surface area contributed by atoms with Crippen molar-refractivity contribution < 1.29 is 4.79 Å². The highest BCUT2D eigenvalue weighted by molar-refractivity contribution is 5.96. The van der Waals surface area contributed by atoms with Crippen LogP contribution in [0.5, 0.6) is 0 Å². The van der Waals surface area contributed by atoms with Crippen molar-refractivity contribution >= 4 is 28.6 Å². The van der Waals surface area contributed by atoms with Crippen LogP contribution in [0.25, 0.3) is 10.9 Å². The van der Waals surface area contributed by atoms with Crippen LogP contribution >= 0.6 is 0 Å². The summed E-state index contributed by atoms with van der Waals surface area (Å²) in [6, 6.07) is 6.27. The number of nitrogens with one attached hydrogen (secondary N) is 2. The van der Waals surface area contributed by atoms with Crippen molar-refractivity contribution in [2.24, 2.45) is 16.5 Å². The molecule has 0 radical (unpaired) electrons. The van der Waals surface area contributed by atoms with Crippen molar-refractivity contribution in [3.05, 3.63) is 29.6 Å². The van der Waals surface area contributed by atoms with Gasteiger partial charge >= 0.3 is 0 Å². The minimum absolute atomic E-state index is 0.00756. The number of carbonyl (C=O) groups is 1. The van der Waals surface area contributed by atoms with Crippen molar-refractivity contribution in [1.29, 1.82) is 0 Å². The normalized spacial score (nSPS) is 22.2. The van der Waals surface area contributed by atoms with Gasteiger partial charge in [-0.25, -0.2) is 15.0 Å². The highest BCUT2D eigenvalue weighted by atomic mass is 16.2. The Morgan fingerprint density at radius 1 is 1.00 bits per heavy atom. The molecule has 0 spiro atoms. The lowest BCUT2D eigenvalue weighted by Gasteiger charge is -2.30. The number of hydrogen-bond donors (Lipinski definition) is 4. The zero-order chi connectivity index (χ0) is 22.5. The van der Waals surface area contributed by atoms with E-state index in [1.807, 2.05) is 19.1 Å². The first-order valence-corrected chi connectivity index (χ1v) is 11.9. The number of hydrogen-bond acceptors (Lipinski definition) is 5. The first kappa shape index (κ1) is 22.3. The molecule has 0 bridgehead atoms. The molecule has 1 heterocycles. The molecule has 2 aliphatic rings. The predicted molar refractivity (Wildman–Crippen MR) is 129 cm³/mol. The van der Waals surface area contributed by atoms with Gasteiger partial charge in [-0.15, -0.1) is 0 Å². The Kier molecular flexibility index (Phi) is 7.07. The first-order valence-electron chi connectivity index (χ1n) is 11.9. The van der Waals surface area contributed by atoms with E-state index < -0.39 is 0 Å². The Morgan fingerprint density at radius 2 is 1.72 bits per heavy atom. The summed E-state index contributed by atoms with van der Waals surface area (Å²) in [7, 11) is 0. The lowest BCUT2D eigenvalue weighted by molar-refractivity contribution is 0.0923. The van der Waals surface area contributed by atoms with Gasteiger partial charge in [-0.3, -0.25) is 4.79 Å². The smallest absolute Gasteiger partial charge is 0.289 e. The fourth-order valence-electron chi connectivity index (χ4n) is 4.93. The maximum atomic E-state index is 13.1. The molecule has 2 saturated carbocycles. The Balaban J connectivity index is 1.63. The predicted octanol–water partition coefficient (Wildman–Crippen LogP) is 3.39. The number of aliphatic imine (C=N–C) groups is 1. The number of carbonyl (C=O) groups excluding carboxylic acids is 1. The molecule has 0 aliphatic heterocycles. The van der Waals surface area contributed by atoms with E-state index in [0.717, 1.165) is 67.8 Å². The molecule has 4 rings (SSSR count). The standard InChI is InChI=1S/C24H35N7O/c1-15-12-13-18-17(14-15)21(29-19-10-6-7-11-20(19)30-24(25)26)31-22(28-18)23(32)27-16-8-4-2-3-5-9-16/h12-14,16,19-20H,2-11H2,1H3,(H,27,32)(H4,25,26,30)(H,28,29,31)/t19-,20+/m0/s1. The average Bonchev–Trinajstić information content (AvgIpc) is 3.03. The first-order chi connectivity index (χ1) is 15.5. The highest BCUT2D eigenvalue weighted by Crippen LogP contribution is 2.28. The number of aryl methyl sites for hydroxylation is 1. The quantitative estimate of drug-likeness (QED) is 0.322. The van der Waals surface area contributed by atoms with E-state index in [1.54, 1.807) is 0 Å². The van der Waals surface area contributed by atoms with Crippen LogP contribution in [-0.4, -0.2) is 40.0 Å². The molecule has 1 aromatic carbocycles. The number of guanidine groups is 1. The lowest BCUT2D eigenvalue weighted by Crippen LogP contribution is -2.39. The van der Waals surface area contributed by atoms with Crippen LogP contribution in [0.4, 0.5) is 5.82 Å². The zero-order valence-electron chi connectivity index (χ0n) is 18.9. The molecule has 2 atom stereocenters. The second kappa shape index (κ2) is 10.1. The lowest BCUT2D eigenvalue weighted by atomic mass is 9.90. The van der Waals surface area contributed by atoms with Gasteiger partial charge in [-0.05, 0) is 44.7 Å². The van der Waals surface area contributed by atoms with Gasteiger partial charge in [0.2, 0.25) is 5.82 Å². The summed E-state index contributed by atoms with van der Waals surface area (Å²) in [5.41, 5.74) is 13.2. The van der Waals surface area contributed by atoms with Crippen LogP contribution in [-0.2, 0) is 0 Å². The van der Waals surface area contributed by atoms with Crippen molar-refractivity contribution in [3.8, 4) is 0 Å². The average molecular weight is 438 g/mol. The molecule has 1 aromatic heterocycles. The minimum Gasteiger partial charge on any atom is -0.370 e. The van der Waals surface area contributed by atoms with Crippen LogP contribution in [0.3, 0.4) is 0 Å². The van der Waals surface area contributed by atoms with Gasteiger partial charge in [0.25, 0.3) is 5.91 Å². The van der Waals surface area contributed by atoms with E-state index in [0.29, 0.717) is 5.82 Å². The third-order valence-electron chi connectivity index (χ3n) is 6.61. The van der Waals surface area contributed by atoms with E-state index in [4.69, 9.17) is 16.5 Å². The maximum Gasteiger partial charge on any atom is 0.289 e. The number of anilines is 1. The van der Waals surface area contributed by atoms with Gasteiger partial charge in [-0.1, -0.05) is 50.2 Å². The Hall–Kier alpha value is -2.90. The molecular formula is C24H35N7O. The summed E-state index contributed by atoms with van der Waals surface area (Å²) >= 11 is 0. The number of nitrogens with zero attached hydrogens (tertiary/aromatic N) is 3. The molecule has 8 heteroatoms. The molecular weight excluding hydrogens is 402 g/mol. The molecule has 6 N–H and O–H groups in total. The van der Waals surface area contributed by atoms with Crippen molar-refractivity contribution in [3.63, 3.8) is 0 Å². The van der Waals surface area contributed by atoms with Gasteiger partial charge in [0.15, 0.2) is 5.96 Å². The fraction of sp³-hybridized carbons (Fsp3) is 0.583. The number of amides is 1. The molecule has 32 heavy (non-hydrogen) atoms. The summed E-state index contributed by atoms with van der Waals surface area (Å²) in [5.74, 6) is 0.789. The topological polar surface area (TPSA) is 131 Å². The van der Waals surface area contributed by atoms with Gasteiger partial charge in [0.1, 0.15) is 5.82 Å². The van der Waals surface area contributed by atoms with Crippen LogP contribution in [0.15, 0.2) is 23.2 Å². The number of nitrogens with two attached hydrogens (primary N) is 2. The number of aromatic nitrogens is 2. The summed E-state index contributed by atoms with van der Waals surface area (Å²) in [5, 5.41) is 7.64. The molecule has 2 fully saturated rings. The summed E-state index contributed by atoms with van der Waals surface area (Å²) < 4.78 is 0. The maximum absolute atomic E-state index is 13.1. The van der Waals surface area contributed by atoms with E-state index in [1.165, 1.54) is 12.8 Å². The Labute approximate surface area is 189 Å². The number of benzene rings is 1. The molecule has 2 aliphatic carbocycles. The molecule has 0 unspecified atom stereocenters. The molecule has 2 aromatic rings. The van der Waals surface area contributed by atoms with Crippen LogP contribution < -0.4 is 22.1 Å². The second-order valence-corrected chi connectivity index (χ2v) is 9.23. The van der Waals surface area contributed by atoms with Gasteiger partial charge < -0.3 is 22.1 Å². The molecule has 172 valence electrons. The fourth-order valence-corrected chi connectivity index (χ4v) is 4.93. The summed E-state index contributed by atoms with van der Waals surface area (Å²) in [6.07, 6.45) is 10.9. The van der Waals surface area contributed by atoms with Crippen molar-refractivity contribution in [1.82, 2.24) is 15.3 Å². The van der Waals surface area contributed by atoms with Crippen molar-refractivity contribution in [2.75, 3.05) is 5.32 Å². The Bertz CT molecular complexity index is 978.